The van der Waals surface area contributed by atoms with E-state index in [-0.39, 0.29) is 0 Å². The van der Waals surface area contributed by atoms with Crippen LogP contribution in [0.4, 0.5) is 0 Å². The Morgan fingerprint density at radius 2 is 1.90 bits per heavy atom. The first-order valence-corrected chi connectivity index (χ1v) is 6.84. The lowest BCUT2D eigenvalue weighted by molar-refractivity contribution is 0.409. The number of ether oxygens (including phenoxy) is 1. The average molecular weight is 266 g/mol. The van der Waals surface area contributed by atoms with Crippen LogP contribution in [0.5, 0.6) is 5.75 Å². The van der Waals surface area contributed by atoms with Gasteiger partial charge in [0.25, 0.3) is 0 Å². The van der Waals surface area contributed by atoms with Crippen LogP contribution in [0.3, 0.4) is 0 Å². The maximum absolute atomic E-state index is 5.38. The van der Waals surface area contributed by atoms with Gasteiger partial charge in [-0.05, 0) is 36.6 Å². The standard InChI is InChI=1S/C17H18N2O/c1-12-6-5-8-14-17(12)19-16(18-14)11-10-13-7-3-4-9-15(13)20-2/h3-9H,10-11H2,1-2H3,(H,18,19). The van der Waals surface area contributed by atoms with Gasteiger partial charge in [0.2, 0.25) is 0 Å². The largest absolute Gasteiger partial charge is 0.496 e. The van der Waals surface area contributed by atoms with E-state index < -0.39 is 0 Å². The van der Waals surface area contributed by atoms with Crippen LogP contribution >= 0.6 is 0 Å². The van der Waals surface area contributed by atoms with E-state index in [0.29, 0.717) is 0 Å². The number of aromatic amines is 1. The van der Waals surface area contributed by atoms with Gasteiger partial charge in [-0.3, -0.25) is 0 Å². The van der Waals surface area contributed by atoms with Crippen LogP contribution in [0.25, 0.3) is 11.0 Å². The van der Waals surface area contributed by atoms with Crippen molar-refractivity contribution in [2.24, 2.45) is 0 Å². The smallest absolute Gasteiger partial charge is 0.122 e. The number of benzene rings is 2. The predicted molar refractivity (Wildman–Crippen MR) is 81.2 cm³/mol. The molecule has 0 fully saturated rings. The fourth-order valence-corrected chi connectivity index (χ4v) is 2.51. The number of fused-ring (bicyclic) bond motifs is 1. The number of imidazole rings is 1. The number of para-hydroxylation sites is 2. The number of hydrogen-bond donors (Lipinski definition) is 1. The van der Waals surface area contributed by atoms with Crippen LogP contribution < -0.4 is 4.74 Å². The Hall–Kier alpha value is -2.29. The molecule has 3 aromatic rings. The molecule has 0 aliphatic rings. The number of H-pyrrole nitrogens is 1. The molecule has 0 aliphatic carbocycles. The second kappa shape index (κ2) is 5.37. The molecule has 3 nitrogen and oxygen atoms in total. The maximum Gasteiger partial charge on any atom is 0.122 e. The zero-order chi connectivity index (χ0) is 13.9. The number of nitrogens with zero attached hydrogens (tertiary/aromatic N) is 1. The lowest BCUT2D eigenvalue weighted by Crippen LogP contribution is -1.96. The first-order chi connectivity index (χ1) is 9.78. The highest BCUT2D eigenvalue weighted by Crippen LogP contribution is 2.20. The van der Waals surface area contributed by atoms with Gasteiger partial charge in [-0.15, -0.1) is 0 Å². The van der Waals surface area contributed by atoms with Crippen molar-refractivity contribution in [1.82, 2.24) is 9.97 Å². The average Bonchev–Trinajstić information content (AvgIpc) is 2.90. The summed E-state index contributed by atoms with van der Waals surface area (Å²) in [7, 11) is 1.71. The Balaban J connectivity index is 1.82. The third kappa shape index (κ3) is 2.39. The minimum absolute atomic E-state index is 0.883. The monoisotopic (exact) mass is 266 g/mol. The van der Waals surface area contributed by atoms with Gasteiger partial charge in [-0.25, -0.2) is 4.98 Å². The Morgan fingerprint density at radius 3 is 2.70 bits per heavy atom. The first kappa shape index (κ1) is 12.7. The van der Waals surface area contributed by atoms with E-state index in [1.54, 1.807) is 7.11 Å². The van der Waals surface area contributed by atoms with Gasteiger partial charge in [0, 0.05) is 6.42 Å². The molecule has 0 unspecified atom stereocenters. The maximum atomic E-state index is 5.38. The summed E-state index contributed by atoms with van der Waals surface area (Å²) in [5.74, 6) is 1.97. The van der Waals surface area contributed by atoms with Crippen molar-refractivity contribution in [3.05, 3.63) is 59.4 Å². The summed E-state index contributed by atoms with van der Waals surface area (Å²) in [4.78, 5) is 8.08. The van der Waals surface area contributed by atoms with E-state index in [2.05, 4.69) is 41.2 Å². The number of nitrogens with one attached hydrogen (secondary N) is 1. The van der Waals surface area contributed by atoms with Crippen LogP contribution in [0.2, 0.25) is 0 Å². The van der Waals surface area contributed by atoms with Gasteiger partial charge in [-0.1, -0.05) is 30.3 Å². The Bertz CT molecular complexity index is 731. The van der Waals surface area contributed by atoms with Crippen LogP contribution in [0.15, 0.2) is 42.5 Å². The van der Waals surface area contributed by atoms with Gasteiger partial charge < -0.3 is 9.72 Å². The molecule has 3 heteroatoms. The molecular formula is C17H18N2O. The van der Waals surface area contributed by atoms with Gasteiger partial charge in [0.05, 0.1) is 18.1 Å². The number of rotatable bonds is 4. The molecule has 0 bridgehead atoms. The number of aryl methyl sites for hydroxylation is 3. The molecule has 2 aromatic carbocycles. The van der Waals surface area contributed by atoms with Gasteiger partial charge >= 0.3 is 0 Å². The summed E-state index contributed by atoms with van der Waals surface area (Å²) >= 11 is 0. The topological polar surface area (TPSA) is 37.9 Å². The molecule has 0 spiro atoms. The molecule has 1 N–H and O–H groups in total. The van der Waals surface area contributed by atoms with Crippen LogP contribution in [-0.2, 0) is 12.8 Å². The second-order valence-electron chi connectivity index (χ2n) is 4.97. The molecule has 102 valence electrons. The summed E-state index contributed by atoms with van der Waals surface area (Å²) in [6.45, 7) is 2.09. The summed E-state index contributed by atoms with van der Waals surface area (Å²) in [5.41, 5.74) is 4.61. The minimum atomic E-state index is 0.883. The molecule has 0 atom stereocenters. The van der Waals surface area contributed by atoms with E-state index >= 15 is 0 Å². The second-order valence-corrected chi connectivity index (χ2v) is 4.97. The number of methoxy groups -OCH3 is 1. The zero-order valence-corrected chi connectivity index (χ0v) is 11.8. The van der Waals surface area contributed by atoms with E-state index in [9.17, 15) is 0 Å². The van der Waals surface area contributed by atoms with Gasteiger partial charge in [-0.2, -0.15) is 0 Å². The number of hydrogen-bond acceptors (Lipinski definition) is 2. The quantitative estimate of drug-likeness (QED) is 0.782. The lowest BCUT2D eigenvalue weighted by atomic mass is 10.1. The van der Waals surface area contributed by atoms with Crippen molar-refractivity contribution in [3.8, 4) is 5.75 Å². The number of aromatic nitrogens is 2. The molecule has 20 heavy (non-hydrogen) atoms. The van der Waals surface area contributed by atoms with Crippen molar-refractivity contribution in [3.63, 3.8) is 0 Å². The summed E-state index contributed by atoms with van der Waals surface area (Å²) < 4.78 is 5.38. The highest BCUT2D eigenvalue weighted by atomic mass is 16.5. The Morgan fingerprint density at radius 1 is 1.05 bits per heavy atom. The summed E-state index contributed by atoms with van der Waals surface area (Å²) in [6, 6.07) is 14.4. The third-order valence-corrected chi connectivity index (χ3v) is 3.59. The van der Waals surface area contributed by atoms with Gasteiger partial charge in [0.1, 0.15) is 11.6 Å². The Kier molecular flexibility index (Phi) is 3.42. The molecule has 1 heterocycles. The predicted octanol–water partition coefficient (Wildman–Crippen LogP) is 3.67. The molecule has 1 aromatic heterocycles. The molecule has 0 aliphatic heterocycles. The summed E-state index contributed by atoms with van der Waals surface area (Å²) in [5, 5.41) is 0. The fourth-order valence-electron chi connectivity index (χ4n) is 2.51. The normalized spacial score (nSPS) is 10.9. The van der Waals surface area contributed by atoms with Crippen molar-refractivity contribution < 1.29 is 4.74 Å². The molecular weight excluding hydrogens is 248 g/mol. The molecule has 0 radical (unpaired) electrons. The highest BCUT2D eigenvalue weighted by molar-refractivity contribution is 5.78. The molecule has 0 saturated carbocycles. The summed E-state index contributed by atoms with van der Waals surface area (Å²) in [6.07, 6.45) is 1.80. The van der Waals surface area contributed by atoms with Crippen molar-refractivity contribution >= 4 is 11.0 Å². The van der Waals surface area contributed by atoms with E-state index in [1.165, 1.54) is 11.1 Å². The fraction of sp³-hybridized carbons (Fsp3) is 0.235. The van der Waals surface area contributed by atoms with E-state index in [4.69, 9.17) is 4.74 Å². The molecule has 3 rings (SSSR count). The van der Waals surface area contributed by atoms with Crippen LogP contribution in [0.1, 0.15) is 17.0 Å². The lowest BCUT2D eigenvalue weighted by Gasteiger charge is -2.06. The SMILES string of the molecule is COc1ccccc1CCc1nc2c(C)cccc2[nH]1. The van der Waals surface area contributed by atoms with Crippen molar-refractivity contribution in [2.45, 2.75) is 19.8 Å². The highest BCUT2D eigenvalue weighted by Gasteiger charge is 2.07. The zero-order valence-electron chi connectivity index (χ0n) is 11.8. The third-order valence-electron chi connectivity index (χ3n) is 3.59. The Labute approximate surface area is 118 Å². The molecule has 0 saturated heterocycles. The minimum Gasteiger partial charge on any atom is -0.496 e. The van der Waals surface area contributed by atoms with Gasteiger partial charge in [0.15, 0.2) is 0 Å². The van der Waals surface area contributed by atoms with E-state index in [0.717, 1.165) is 35.4 Å². The van der Waals surface area contributed by atoms with Crippen molar-refractivity contribution in [2.75, 3.05) is 7.11 Å². The van der Waals surface area contributed by atoms with Crippen LogP contribution in [0, 0.1) is 6.92 Å². The van der Waals surface area contributed by atoms with Crippen LogP contribution in [-0.4, -0.2) is 17.1 Å². The van der Waals surface area contributed by atoms with Crippen molar-refractivity contribution in [1.29, 1.82) is 0 Å². The molecule has 0 amide bonds. The van der Waals surface area contributed by atoms with E-state index in [1.807, 2.05) is 18.2 Å². The first-order valence-electron chi connectivity index (χ1n) is 6.84.